The van der Waals surface area contributed by atoms with E-state index in [1.807, 2.05) is 0 Å². The molecule has 0 aliphatic rings. The summed E-state index contributed by atoms with van der Waals surface area (Å²) in [5.74, 6) is -1.47. The number of hydrogen-bond acceptors (Lipinski definition) is 1. The summed E-state index contributed by atoms with van der Waals surface area (Å²) in [4.78, 5) is 10.2. The molecular formula is C7H5FO2Zn. The van der Waals surface area contributed by atoms with Gasteiger partial charge in [-0.25, -0.2) is 9.18 Å². The van der Waals surface area contributed by atoms with Crippen LogP contribution in [0.1, 0.15) is 10.4 Å². The zero-order valence-electron chi connectivity index (χ0n) is 5.75. The molecule has 0 aliphatic heterocycles. The van der Waals surface area contributed by atoms with E-state index in [-0.39, 0.29) is 25.0 Å². The first-order valence-corrected chi connectivity index (χ1v) is 2.69. The zero-order valence-corrected chi connectivity index (χ0v) is 8.72. The summed E-state index contributed by atoms with van der Waals surface area (Å²) in [7, 11) is 0. The SMILES string of the molecule is O=C(O)c1ccc(F)cc1.[Zn]. The topological polar surface area (TPSA) is 37.3 Å². The van der Waals surface area contributed by atoms with Crippen molar-refractivity contribution in [1.29, 1.82) is 0 Å². The summed E-state index contributed by atoms with van der Waals surface area (Å²) in [6.45, 7) is 0. The zero-order chi connectivity index (χ0) is 7.56. The summed E-state index contributed by atoms with van der Waals surface area (Å²) < 4.78 is 12.2. The number of carboxylic acids is 1. The molecule has 0 heterocycles. The van der Waals surface area contributed by atoms with Crippen LogP contribution in [0.5, 0.6) is 0 Å². The van der Waals surface area contributed by atoms with Crippen molar-refractivity contribution in [1.82, 2.24) is 0 Å². The molecule has 1 N–H and O–H groups in total. The van der Waals surface area contributed by atoms with Crippen LogP contribution in [0.3, 0.4) is 0 Å². The van der Waals surface area contributed by atoms with Crippen molar-refractivity contribution in [3.05, 3.63) is 35.6 Å². The number of halogens is 1. The Morgan fingerprint density at radius 2 is 1.73 bits per heavy atom. The Labute approximate surface area is 75.8 Å². The van der Waals surface area contributed by atoms with Crippen molar-refractivity contribution < 1.29 is 33.8 Å². The summed E-state index contributed by atoms with van der Waals surface area (Å²) in [6.07, 6.45) is 0. The Morgan fingerprint density at radius 1 is 1.27 bits per heavy atom. The number of aromatic carboxylic acids is 1. The molecule has 0 amide bonds. The second-order valence-corrected chi connectivity index (χ2v) is 1.81. The van der Waals surface area contributed by atoms with Crippen LogP contribution in [0.2, 0.25) is 0 Å². The molecule has 0 atom stereocenters. The average molecular weight is 206 g/mol. The van der Waals surface area contributed by atoms with Crippen LogP contribution in [-0.2, 0) is 19.5 Å². The van der Waals surface area contributed by atoms with Crippen LogP contribution >= 0.6 is 0 Å². The molecule has 11 heavy (non-hydrogen) atoms. The van der Waals surface area contributed by atoms with Crippen LogP contribution in [0.4, 0.5) is 4.39 Å². The van der Waals surface area contributed by atoms with Crippen LogP contribution in [-0.4, -0.2) is 11.1 Å². The molecule has 1 aromatic carbocycles. The van der Waals surface area contributed by atoms with Gasteiger partial charge in [-0.2, -0.15) is 0 Å². The third kappa shape index (κ3) is 2.77. The van der Waals surface area contributed by atoms with Gasteiger partial charge in [-0.05, 0) is 24.3 Å². The van der Waals surface area contributed by atoms with Crippen molar-refractivity contribution in [2.45, 2.75) is 0 Å². The molecule has 0 fully saturated rings. The number of rotatable bonds is 1. The summed E-state index contributed by atoms with van der Waals surface area (Å²) >= 11 is 0. The Bertz CT molecular complexity index is 245. The van der Waals surface area contributed by atoms with Gasteiger partial charge in [-0.1, -0.05) is 0 Å². The maximum absolute atomic E-state index is 12.2. The fourth-order valence-electron chi connectivity index (χ4n) is 0.592. The van der Waals surface area contributed by atoms with Crippen molar-refractivity contribution in [3.8, 4) is 0 Å². The third-order valence-electron chi connectivity index (χ3n) is 1.09. The smallest absolute Gasteiger partial charge is 0.335 e. The minimum absolute atomic E-state index is 0. The number of hydrogen-bond donors (Lipinski definition) is 1. The summed E-state index contributed by atoms with van der Waals surface area (Å²) in [5, 5.41) is 8.35. The van der Waals surface area contributed by atoms with E-state index in [2.05, 4.69) is 0 Å². The van der Waals surface area contributed by atoms with Crippen LogP contribution in [0.15, 0.2) is 24.3 Å². The fourth-order valence-corrected chi connectivity index (χ4v) is 0.592. The first-order valence-electron chi connectivity index (χ1n) is 2.69. The van der Waals surface area contributed by atoms with Gasteiger partial charge in [-0.15, -0.1) is 0 Å². The molecule has 0 aliphatic carbocycles. The Morgan fingerprint density at radius 3 is 2.09 bits per heavy atom. The summed E-state index contributed by atoms with van der Waals surface area (Å²) in [5.41, 5.74) is 0.0985. The quantitative estimate of drug-likeness (QED) is 0.706. The standard InChI is InChI=1S/C7H5FO2.Zn/c8-6-3-1-5(2-4-6)7(9)10;/h1-4H,(H,9,10);. The molecule has 1 rings (SSSR count). The second kappa shape index (κ2) is 4.19. The third-order valence-corrected chi connectivity index (χ3v) is 1.09. The van der Waals surface area contributed by atoms with E-state index in [4.69, 9.17) is 5.11 Å². The van der Waals surface area contributed by atoms with E-state index in [9.17, 15) is 9.18 Å². The maximum Gasteiger partial charge on any atom is 0.335 e. The van der Waals surface area contributed by atoms with Gasteiger partial charge in [0, 0.05) is 19.5 Å². The van der Waals surface area contributed by atoms with Crippen LogP contribution in [0.25, 0.3) is 0 Å². The second-order valence-electron chi connectivity index (χ2n) is 1.81. The molecule has 0 aromatic heterocycles. The molecule has 0 unspecified atom stereocenters. The first kappa shape index (κ1) is 10.2. The van der Waals surface area contributed by atoms with Crippen molar-refractivity contribution >= 4 is 5.97 Å². The molecular weight excluding hydrogens is 200 g/mol. The van der Waals surface area contributed by atoms with Gasteiger partial charge in [0.15, 0.2) is 0 Å². The van der Waals surface area contributed by atoms with E-state index < -0.39 is 11.8 Å². The van der Waals surface area contributed by atoms with Gasteiger partial charge in [0.1, 0.15) is 5.82 Å². The molecule has 0 spiro atoms. The summed E-state index contributed by atoms with van der Waals surface area (Å²) in [6, 6.07) is 4.67. The predicted octanol–water partition coefficient (Wildman–Crippen LogP) is 1.52. The first-order chi connectivity index (χ1) is 4.70. The predicted molar refractivity (Wildman–Crippen MR) is 33.4 cm³/mol. The average Bonchev–Trinajstić information content (AvgIpc) is 1.88. The molecule has 1 aromatic rings. The van der Waals surface area contributed by atoms with E-state index in [1.54, 1.807) is 0 Å². The molecule has 0 saturated heterocycles. The van der Waals surface area contributed by atoms with Crippen molar-refractivity contribution in [2.24, 2.45) is 0 Å². The van der Waals surface area contributed by atoms with Crippen molar-refractivity contribution in [3.63, 3.8) is 0 Å². The van der Waals surface area contributed by atoms with Crippen LogP contribution in [0, 0.1) is 5.82 Å². The Hall–Kier alpha value is -0.757. The van der Waals surface area contributed by atoms with Crippen molar-refractivity contribution in [2.75, 3.05) is 0 Å². The maximum atomic E-state index is 12.2. The van der Waals surface area contributed by atoms with Gasteiger partial charge >= 0.3 is 5.97 Å². The Balaban J connectivity index is 0.000001000. The van der Waals surface area contributed by atoms with E-state index in [0.29, 0.717) is 0 Å². The van der Waals surface area contributed by atoms with Gasteiger partial charge in [0.25, 0.3) is 0 Å². The van der Waals surface area contributed by atoms with E-state index in [1.165, 1.54) is 12.1 Å². The van der Waals surface area contributed by atoms with Gasteiger partial charge in [0.2, 0.25) is 0 Å². The number of carbonyl (C=O) groups is 1. The minimum atomic E-state index is -1.04. The van der Waals surface area contributed by atoms with E-state index >= 15 is 0 Å². The number of carboxylic acid groups (broad SMARTS) is 1. The van der Waals surface area contributed by atoms with Gasteiger partial charge in [0.05, 0.1) is 5.56 Å². The van der Waals surface area contributed by atoms with Crippen LogP contribution < -0.4 is 0 Å². The molecule has 0 radical (unpaired) electrons. The normalized spacial score (nSPS) is 8.45. The largest absolute Gasteiger partial charge is 0.478 e. The van der Waals surface area contributed by atoms with E-state index in [0.717, 1.165) is 12.1 Å². The van der Waals surface area contributed by atoms with Gasteiger partial charge in [-0.3, -0.25) is 0 Å². The molecule has 54 valence electrons. The monoisotopic (exact) mass is 204 g/mol. The number of benzene rings is 1. The minimum Gasteiger partial charge on any atom is -0.478 e. The molecule has 0 saturated carbocycles. The van der Waals surface area contributed by atoms with Gasteiger partial charge < -0.3 is 5.11 Å². The fraction of sp³-hybridized carbons (Fsp3) is 0. The Kier molecular flexibility index (Phi) is 3.90. The molecule has 4 heteroatoms. The molecule has 2 nitrogen and oxygen atoms in total. The molecule has 0 bridgehead atoms.